The lowest BCUT2D eigenvalue weighted by Crippen LogP contribution is -2.20. The van der Waals surface area contributed by atoms with E-state index in [9.17, 15) is 0 Å². The van der Waals surface area contributed by atoms with Gasteiger partial charge in [-0.3, -0.25) is 0 Å². The third-order valence-corrected chi connectivity index (χ3v) is 5.48. The van der Waals surface area contributed by atoms with Gasteiger partial charge in [-0.15, -0.1) is 10.5 Å². The number of hydrogen-bond donors (Lipinski definition) is 0. The molecule has 0 radical (unpaired) electrons. The molecule has 0 N–H and O–H groups in total. The number of benzene rings is 2. The summed E-state index contributed by atoms with van der Waals surface area (Å²) in [6.07, 6.45) is 1.000. The van der Waals surface area contributed by atoms with E-state index in [1.165, 1.54) is 15.3 Å². The van der Waals surface area contributed by atoms with E-state index in [1.807, 2.05) is 18.2 Å². The molecule has 1 unspecified atom stereocenters. The molecule has 0 aromatic heterocycles. The summed E-state index contributed by atoms with van der Waals surface area (Å²) in [5, 5.41) is 0. The van der Waals surface area contributed by atoms with Crippen LogP contribution in [0.1, 0.15) is 5.56 Å². The molecule has 2 heterocycles. The largest absolute Gasteiger partial charge is 0.488 e. The molecular formula is C16H13NOS. The molecule has 94 valence electrons. The zero-order chi connectivity index (χ0) is 12.7. The Morgan fingerprint density at radius 2 is 1.84 bits per heavy atom. The highest BCUT2D eigenvalue weighted by Gasteiger charge is 2.20. The minimum Gasteiger partial charge on any atom is -0.488 e. The summed E-state index contributed by atoms with van der Waals surface area (Å²) in [5.74, 6) is 1.03. The van der Waals surface area contributed by atoms with E-state index in [4.69, 9.17) is 4.74 Å². The van der Waals surface area contributed by atoms with Crippen molar-refractivity contribution in [3.63, 3.8) is 0 Å². The minimum absolute atomic E-state index is 0.00405. The predicted octanol–water partition coefficient (Wildman–Crippen LogP) is 3.80. The Morgan fingerprint density at radius 1 is 1.00 bits per heavy atom. The van der Waals surface area contributed by atoms with Gasteiger partial charge in [-0.05, 0) is 23.8 Å². The maximum atomic E-state index is 5.87. The van der Waals surface area contributed by atoms with Crippen molar-refractivity contribution in [1.82, 2.24) is 0 Å². The summed E-state index contributed by atoms with van der Waals surface area (Å²) in [7, 11) is 0.00405. The second kappa shape index (κ2) is 4.35. The van der Waals surface area contributed by atoms with Crippen molar-refractivity contribution in [3.8, 4) is 5.75 Å². The Bertz CT molecular complexity index is 718. The van der Waals surface area contributed by atoms with Gasteiger partial charge >= 0.3 is 0 Å². The fourth-order valence-electron chi connectivity index (χ4n) is 2.50. The third-order valence-electron chi connectivity index (χ3n) is 3.46. The third kappa shape index (κ3) is 1.81. The van der Waals surface area contributed by atoms with Crippen LogP contribution in [0.15, 0.2) is 58.4 Å². The van der Waals surface area contributed by atoms with E-state index in [0.29, 0.717) is 6.61 Å². The molecule has 2 nitrogen and oxygen atoms in total. The summed E-state index contributed by atoms with van der Waals surface area (Å²) in [6.45, 7) is 0.709. The Hall–Kier alpha value is -1.87. The zero-order valence-corrected chi connectivity index (χ0v) is 11.2. The van der Waals surface area contributed by atoms with Gasteiger partial charge < -0.3 is 4.74 Å². The number of hydrogen-bond acceptors (Lipinski definition) is 2. The summed E-state index contributed by atoms with van der Waals surface area (Å²) >= 11 is 0. The molecule has 0 aliphatic carbocycles. The highest BCUT2D eigenvalue weighted by Crippen LogP contribution is 2.41. The maximum Gasteiger partial charge on any atom is 0.123 e. The second-order valence-corrected chi connectivity index (χ2v) is 6.56. The smallest absolute Gasteiger partial charge is 0.123 e. The molecule has 19 heavy (non-hydrogen) atoms. The first kappa shape index (κ1) is 11.0. The highest BCUT2D eigenvalue weighted by molar-refractivity contribution is 8.27. The van der Waals surface area contributed by atoms with Crippen LogP contribution < -0.4 is 4.74 Å². The van der Waals surface area contributed by atoms with Gasteiger partial charge in [-0.1, -0.05) is 30.3 Å². The Kier molecular flexibility index (Phi) is 2.52. The fraction of sp³-hybridized carbons (Fsp3) is 0.125. The van der Waals surface area contributed by atoms with Gasteiger partial charge in [0.15, 0.2) is 0 Å². The van der Waals surface area contributed by atoms with Crippen molar-refractivity contribution in [1.29, 1.82) is 0 Å². The quantitative estimate of drug-likeness (QED) is 0.665. The van der Waals surface area contributed by atoms with Crippen molar-refractivity contribution >= 4 is 26.6 Å². The average Bonchev–Trinajstić information content (AvgIpc) is 2.91. The number of rotatable bonds is 0. The average molecular weight is 267 g/mol. The first-order valence-electron chi connectivity index (χ1n) is 6.33. The Labute approximate surface area is 114 Å². The van der Waals surface area contributed by atoms with Crippen molar-refractivity contribution < 1.29 is 4.74 Å². The van der Waals surface area contributed by atoms with Crippen LogP contribution >= 0.6 is 10.5 Å². The van der Waals surface area contributed by atoms with E-state index in [2.05, 4.69) is 40.9 Å². The van der Waals surface area contributed by atoms with Crippen molar-refractivity contribution in [2.24, 2.45) is 4.99 Å². The van der Waals surface area contributed by atoms with Gasteiger partial charge in [-0.2, -0.15) is 0 Å². The monoisotopic (exact) mass is 267 g/mol. The van der Waals surface area contributed by atoms with E-state index in [-0.39, 0.29) is 10.5 Å². The molecule has 2 aliphatic rings. The van der Waals surface area contributed by atoms with E-state index < -0.39 is 0 Å². The standard InChI is InChI=1S/C16H13NOS/c1-3-7-15-12(5-1)9-13(10-18-15)19-11-17-14-6-2-4-8-16(14)19/h1-8,11H,9-10H2. The molecule has 1 atom stereocenters. The van der Waals surface area contributed by atoms with Crippen molar-refractivity contribution in [2.45, 2.75) is 11.3 Å². The molecule has 2 aromatic carbocycles. The van der Waals surface area contributed by atoms with Crippen molar-refractivity contribution in [2.75, 3.05) is 6.61 Å². The molecule has 0 fully saturated rings. The molecule has 4 rings (SSSR count). The molecule has 0 amide bonds. The van der Waals surface area contributed by atoms with Crippen LogP contribution in [-0.2, 0) is 6.42 Å². The molecule has 3 heteroatoms. The topological polar surface area (TPSA) is 21.6 Å². The number of nitrogens with zero attached hydrogens (tertiary/aromatic N) is 1. The summed E-state index contributed by atoms with van der Waals surface area (Å²) in [5.41, 5.74) is 4.48. The maximum absolute atomic E-state index is 5.87. The lowest BCUT2D eigenvalue weighted by molar-refractivity contribution is 0.365. The van der Waals surface area contributed by atoms with Gasteiger partial charge in [0.25, 0.3) is 0 Å². The van der Waals surface area contributed by atoms with Crippen molar-refractivity contribution in [3.05, 3.63) is 54.1 Å². The second-order valence-electron chi connectivity index (χ2n) is 4.65. The van der Waals surface area contributed by atoms with Gasteiger partial charge in [0, 0.05) is 16.2 Å². The molecule has 0 spiro atoms. The zero-order valence-electron chi connectivity index (χ0n) is 10.4. The SMILES string of the molecule is C1=Nc2ccccc2S1=C1COc2ccccc2C1. The van der Waals surface area contributed by atoms with Crippen LogP contribution in [-0.4, -0.2) is 17.0 Å². The number of para-hydroxylation sites is 2. The van der Waals surface area contributed by atoms with E-state index in [0.717, 1.165) is 17.9 Å². The molecule has 0 saturated carbocycles. The first-order valence-corrected chi connectivity index (χ1v) is 7.62. The number of fused-ring (bicyclic) bond motifs is 2. The molecule has 2 aromatic rings. The number of aliphatic imine (C=N–C) groups is 1. The first-order chi connectivity index (χ1) is 9.42. The minimum atomic E-state index is 0.00405. The van der Waals surface area contributed by atoms with Crippen LogP contribution in [0, 0.1) is 0 Å². The predicted molar refractivity (Wildman–Crippen MR) is 81.1 cm³/mol. The van der Waals surface area contributed by atoms with Gasteiger partial charge in [-0.25, -0.2) is 4.99 Å². The Morgan fingerprint density at radius 3 is 2.84 bits per heavy atom. The van der Waals surface area contributed by atoms with Crippen LogP contribution in [0.3, 0.4) is 0 Å². The number of ether oxygens (including phenoxy) is 1. The highest BCUT2D eigenvalue weighted by atomic mass is 32.2. The van der Waals surface area contributed by atoms with Crippen LogP contribution in [0.4, 0.5) is 5.69 Å². The lowest BCUT2D eigenvalue weighted by Gasteiger charge is -2.21. The normalized spacial score (nSPS) is 21.7. The lowest BCUT2D eigenvalue weighted by atomic mass is 10.1. The summed E-state index contributed by atoms with van der Waals surface area (Å²) < 4.78 is 5.87. The summed E-state index contributed by atoms with van der Waals surface area (Å²) in [4.78, 5) is 7.28. The van der Waals surface area contributed by atoms with E-state index >= 15 is 0 Å². The van der Waals surface area contributed by atoms with Gasteiger partial charge in [0.05, 0.1) is 11.2 Å². The van der Waals surface area contributed by atoms with Crippen LogP contribution in [0.2, 0.25) is 0 Å². The molecular weight excluding hydrogens is 254 g/mol. The molecule has 2 aliphatic heterocycles. The fourth-order valence-corrected chi connectivity index (χ4v) is 4.36. The Balaban J connectivity index is 1.80. The van der Waals surface area contributed by atoms with Gasteiger partial charge in [0.2, 0.25) is 0 Å². The summed E-state index contributed by atoms with van der Waals surface area (Å²) in [6, 6.07) is 16.7. The molecule has 0 saturated heterocycles. The van der Waals surface area contributed by atoms with E-state index in [1.54, 1.807) is 0 Å². The van der Waals surface area contributed by atoms with Crippen LogP contribution in [0.5, 0.6) is 5.75 Å². The molecule has 0 bridgehead atoms. The van der Waals surface area contributed by atoms with Gasteiger partial charge in [0.1, 0.15) is 12.4 Å². The van der Waals surface area contributed by atoms with Crippen LogP contribution in [0.25, 0.3) is 0 Å².